The lowest BCUT2D eigenvalue weighted by molar-refractivity contribution is -0.158. The van der Waals surface area contributed by atoms with E-state index >= 15 is 0 Å². The number of alkyl halides is 2. The van der Waals surface area contributed by atoms with Crippen molar-refractivity contribution in [3.63, 3.8) is 0 Å². The average Bonchev–Trinajstić information content (AvgIpc) is 2.44. The van der Waals surface area contributed by atoms with Crippen molar-refractivity contribution in [3.8, 4) is 5.75 Å². The second-order valence-corrected chi connectivity index (χ2v) is 6.08. The minimum atomic E-state index is -3.17. The van der Waals surface area contributed by atoms with Crippen LogP contribution >= 0.6 is 15.9 Å². The third-order valence-electron chi connectivity index (χ3n) is 3.32. The molecule has 0 fully saturated rings. The number of benzene rings is 1. The maximum atomic E-state index is 12.8. The molecule has 0 unspecified atom stereocenters. The monoisotopic (exact) mass is 373 g/mol. The molecule has 0 atom stereocenters. The molecule has 0 aliphatic rings. The summed E-state index contributed by atoms with van der Waals surface area (Å²) in [6.07, 6.45) is -0.147. The molecule has 0 aromatic heterocycles. The number of rotatable bonds is 6. The Hall–Kier alpha value is -1.36. The summed E-state index contributed by atoms with van der Waals surface area (Å²) >= 11 is 3.56. The van der Waals surface area contributed by atoms with E-state index in [0.29, 0.717) is 0 Å². The largest absolute Gasteiger partial charge is 0.433 e. The van der Waals surface area contributed by atoms with E-state index in [1.807, 2.05) is 24.9 Å². The van der Waals surface area contributed by atoms with Gasteiger partial charge in [0.05, 0.1) is 0 Å². The molecule has 0 heterocycles. The second-order valence-electron chi connectivity index (χ2n) is 5.23. The Kier molecular flexibility index (Phi) is 6.60. The molecule has 2 nitrogen and oxygen atoms in total. The van der Waals surface area contributed by atoms with Gasteiger partial charge in [-0.1, -0.05) is 28.4 Å². The molecule has 122 valence electrons. The van der Waals surface area contributed by atoms with Gasteiger partial charge in [-0.3, -0.25) is 0 Å². The molecular weight excluding hydrogens is 352 g/mol. The van der Waals surface area contributed by atoms with Crippen LogP contribution in [0.5, 0.6) is 5.75 Å². The zero-order valence-corrected chi connectivity index (χ0v) is 15.2. The van der Waals surface area contributed by atoms with Crippen LogP contribution in [0, 0.1) is 0 Å². The summed E-state index contributed by atoms with van der Waals surface area (Å²) in [5.41, 5.74) is 3.20. The van der Waals surface area contributed by atoms with Crippen molar-refractivity contribution in [3.05, 3.63) is 46.1 Å². The van der Waals surface area contributed by atoms with Gasteiger partial charge in [0.2, 0.25) is 0 Å². The maximum absolute atomic E-state index is 12.8. The van der Waals surface area contributed by atoms with Crippen molar-refractivity contribution in [2.24, 2.45) is 0 Å². The van der Waals surface area contributed by atoms with Crippen molar-refractivity contribution < 1.29 is 13.5 Å². The van der Waals surface area contributed by atoms with Gasteiger partial charge in [-0.2, -0.15) is 8.78 Å². The number of ether oxygens (including phenoxy) is 1. The number of nitrogens with zero attached hydrogens (tertiary/aromatic N) is 1. The van der Waals surface area contributed by atoms with E-state index in [9.17, 15) is 8.78 Å². The summed E-state index contributed by atoms with van der Waals surface area (Å²) in [6, 6.07) is 6.59. The van der Waals surface area contributed by atoms with E-state index in [4.69, 9.17) is 0 Å². The highest BCUT2D eigenvalue weighted by molar-refractivity contribution is 9.11. The highest BCUT2D eigenvalue weighted by atomic mass is 79.9. The number of allylic oxidation sites excluding steroid dienone is 4. The van der Waals surface area contributed by atoms with Gasteiger partial charge in [-0.15, -0.1) is 0 Å². The van der Waals surface area contributed by atoms with Gasteiger partial charge in [-0.05, 0) is 50.6 Å². The van der Waals surface area contributed by atoms with Gasteiger partial charge in [0.1, 0.15) is 5.75 Å². The SMILES string of the molecule is CC/C(C)=C(Br)/C=C(/C)N(C)c1ccc(OC(C)(F)F)cc1. The number of hydrogen-bond donors (Lipinski definition) is 0. The lowest BCUT2D eigenvalue weighted by atomic mass is 10.2. The standard InChI is InChI=1S/C17H22BrF2NO/c1-6-12(2)16(18)11-13(3)21(5)14-7-9-15(10-8-14)22-17(4,19)20/h7-11H,6H2,1-5H3/b13-11-,16-12-. The van der Waals surface area contributed by atoms with E-state index in [1.165, 1.54) is 5.57 Å². The molecule has 0 N–H and O–H groups in total. The maximum Gasteiger partial charge on any atom is 0.394 e. The van der Waals surface area contributed by atoms with E-state index in [0.717, 1.165) is 29.2 Å². The van der Waals surface area contributed by atoms with Crippen LogP contribution in [0.3, 0.4) is 0 Å². The lowest BCUT2D eigenvalue weighted by Crippen LogP contribution is -2.19. The van der Waals surface area contributed by atoms with Crippen LogP contribution in [-0.2, 0) is 0 Å². The summed E-state index contributed by atoms with van der Waals surface area (Å²) < 4.78 is 31.2. The molecule has 5 heteroatoms. The third kappa shape index (κ3) is 5.79. The molecule has 0 saturated carbocycles. The fraction of sp³-hybridized carbons (Fsp3) is 0.412. The molecule has 1 aromatic rings. The number of halogens is 3. The van der Waals surface area contributed by atoms with Crippen LogP contribution < -0.4 is 9.64 Å². The molecule has 1 rings (SSSR count). The quantitative estimate of drug-likeness (QED) is 0.558. The van der Waals surface area contributed by atoms with Crippen LogP contribution in [0.25, 0.3) is 0 Å². The first-order valence-electron chi connectivity index (χ1n) is 7.08. The van der Waals surface area contributed by atoms with Crippen molar-refractivity contribution in [1.82, 2.24) is 0 Å². The highest BCUT2D eigenvalue weighted by Gasteiger charge is 2.22. The van der Waals surface area contributed by atoms with Gasteiger partial charge in [0, 0.05) is 29.8 Å². The Morgan fingerprint density at radius 2 is 1.82 bits per heavy atom. The van der Waals surface area contributed by atoms with Crippen molar-refractivity contribution in [2.75, 3.05) is 11.9 Å². The van der Waals surface area contributed by atoms with Crippen molar-refractivity contribution >= 4 is 21.6 Å². The summed E-state index contributed by atoms with van der Waals surface area (Å²) in [5, 5.41) is 0. The van der Waals surface area contributed by atoms with Crippen LogP contribution in [-0.4, -0.2) is 13.2 Å². The molecule has 0 bridgehead atoms. The predicted octanol–water partition coefficient (Wildman–Crippen LogP) is 6.10. The normalized spacial score (nSPS) is 13.7. The Morgan fingerprint density at radius 3 is 2.27 bits per heavy atom. The Morgan fingerprint density at radius 1 is 1.27 bits per heavy atom. The molecule has 22 heavy (non-hydrogen) atoms. The zero-order valence-electron chi connectivity index (χ0n) is 13.6. The molecule has 0 spiro atoms. The molecule has 1 aromatic carbocycles. The van der Waals surface area contributed by atoms with Crippen molar-refractivity contribution in [2.45, 2.75) is 40.2 Å². The fourth-order valence-electron chi connectivity index (χ4n) is 1.72. The van der Waals surface area contributed by atoms with E-state index < -0.39 is 6.11 Å². The van der Waals surface area contributed by atoms with E-state index in [-0.39, 0.29) is 5.75 Å². The predicted molar refractivity (Wildman–Crippen MR) is 91.8 cm³/mol. The minimum Gasteiger partial charge on any atom is -0.433 e. The molecule has 0 aliphatic carbocycles. The van der Waals surface area contributed by atoms with Crippen LogP contribution in [0.1, 0.15) is 34.1 Å². The summed E-state index contributed by atoms with van der Waals surface area (Å²) in [5.74, 6) is 0.147. The van der Waals surface area contributed by atoms with Gasteiger partial charge < -0.3 is 9.64 Å². The first-order chi connectivity index (χ1) is 10.1. The van der Waals surface area contributed by atoms with Gasteiger partial charge in [-0.25, -0.2) is 0 Å². The summed E-state index contributed by atoms with van der Waals surface area (Å²) in [4.78, 5) is 1.98. The summed E-state index contributed by atoms with van der Waals surface area (Å²) in [7, 11) is 1.93. The lowest BCUT2D eigenvalue weighted by Gasteiger charge is -2.21. The molecule has 0 radical (unpaired) electrons. The van der Waals surface area contributed by atoms with Crippen LogP contribution in [0.2, 0.25) is 0 Å². The Bertz CT molecular complexity index is 559. The Balaban J connectivity index is 2.90. The average molecular weight is 374 g/mol. The van der Waals surface area contributed by atoms with Gasteiger partial charge in [0.25, 0.3) is 0 Å². The second kappa shape index (κ2) is 7.77. The zero-order chi connectivity index (χ0) is 16.9. The molecule has 0 saturated heterocycles. The number of anilines is 1. The topological polar surface area (TPSA) is 12.5 Å². The van der Waals surface area contributed by atoms with E-state index in [2.05, 4.69) is 34.5 Å². The summed E-state index contributed by atoms with van der Waals surface area (Å²) in [6.45, 7) is 6.89. The fourth-order valence-corrected chi connectivity index (χ4v) is 2.33. The van der Waals surface area contributed by atoms with Crippen LogP contribution in [0.4, 0.5) is 14.5 Å². The molecule has 0 aliphatic heterocycles. The van der Waals surface area contributed by atoms with Gasteiger partial charge in [0.15, 0.2) is 0 Å². The van der Waals surface area contributed by atoms with Gasteiger partial charge >= 0.3 is 6.11 Å². The third-order valence-corrected chi connectivity index (χ3v) is 4.23. The van der Waals surface area contributed by atoms with E-state index in [1.54, 1.807) is 24.3 Å². The highest BCUT2D eigenvalue weighted by Crippen LogP contribution is 2.26. The van der Waals surface area contributed by atoms with Crippen molar-refractivity contribution in [1.29, 1.82) is 0 Å². The first-order valence-corrected chi connectivity index (χ1v) is 7.87. The molecule has 0 amide bonds. The minimum absolute atomic E-state index is 0.147. The first kappa shape index (κ1) is 18.7. The number of hydrogen-bond acceptors (Lipinski definition) is 2. The van der Waals surface area contributed by atoms with Crippen LogP contribution in [0.15, 0.2) is 46.1 Å². The Labute approximate surface area is 139 Å². The molecular formula is C17H22BrF2NO. The smallest absolute Gasteiger partial charge is 0.394 e.